The van der Waals surface area contributed by atoms with Crippen LogP contribution in [0.1, 0.15) is 16.1 Å². The van der Waals surface area contributed by atoms with Crippen molar-refractivity contribution in [1.29, 1.82) is 0 Å². The minimum atomic E-state index is -3.72. The number of hydrogen-bond acceptors (Lipinski definition) is 6. The van der Waals surface area contributed by atoms with Crippen molar-refractivity contribution in [2.45, 2.75) is 13.2 Å². The van der Waals surface area contributed by atoms with Crippen LogP contribution in [-0.2, 0) is 23.2 Å². The molecule has 0 unspecified atom stereocenters. The van der Waals surface area contributed by atoms with Gasteiger partial charge in [-0.3, -0.25) is 4.72 Å². The van der Waals surface area contributed by atoms with E-state index < -0.39 is 10.0 Å². The van der Waals surface area contributed by atoms with Crippen molar-refractivity contribution in [3.8, 4) is 5.75 Å². The molecule has 2 heterocycles. The lowest BCUT2D eigenvalue weighted by Gasteiger charge is -2.08. The summed E-state index contributed by atoms with van der Waals surface area (Å²) >= 11 is 7.68. The van der Waals surface area contributed by atoms with Gasteiger partial charge in [0.2, 0.25) is 0 Å². The van der Waals surface area contributed by atoms with Gasteiger partial charge in [-0.1, -0.05) is 53.2 Å². The molecule has 0 aliphatic heterocycles. The van der Waals surface area contributed by atoms with Gasteiger partial charge in [-0.2, -0.15) is 0 Å². The fourth-order valence-electron chi connectivity index (χ4n) is 3.54. The third kappa shape index (κ3) is 6.31. The molecule has 0 radical (unpaired) electrons. The van der Waals surface area contributed by atoms with Gasteiger partial charge in [0.1, 0.15) is 18.1 Å². The Labute approximate surface area is 217 Å². The number of halogens is 1. The van der Waals surface area contributed by atoms with E-state index in [0.29, 0.717) is 34.3 Å². The predicted octanol–water partition coefficient (Wildman–Crippen LogP) is 6.19. The molecule has 1 N–H and O–H groups in total. The number of ether oxygens (including phenoxy) is 1. The fraction of sp³-hybridized carbons (Fsp3) is 0.0769. The van der Waals surface area contributed by atoms with Crippen molar-refractivity contribution < 1.29 is 13.2 Å². The first-order chi connectivity index (χ1) is 17.4. The molecular formula is C26H21ClN4O3S2. The second kappa shape index (κ2) is 10.5. The molecule has 182 valence electrons. The lowest BCUT2D eigenvalue weighted by atomic mass is 10.2. The van der Waals surface area contributed by atoms with E-state index in [1.54, 1.807) is 64.5 Å². The third-order valence-corrected chi connectivity index (χ3v) is 7.50. The molecular weight excluding hydrogens is 516 g/mol. The molecule has 3 aromatic carbocycles. The fourth-order valence-corrected chi connectivity index (χ4v) is 5.65. The monoisotopic (exact) mass is 536 g/mol. The van der Waals surface area contributed by atoms with Crippen LogP contribution in [0.25, 0.3) is 16.2 Å². The van der Waals surface area contributed by atoms with Gasteiger partial charge in [0.15, 0.2) is 0 Å². The van der Waals surface area contributed by atoms with Gasteiger partial charge in [-0.15, -0.1) is 16.4 Å². The van der Waals surface area contributed by atoms with Gasteiger partial charge < -0.3 is 4.74 Å². The number of aromatic nitrogens is 3. The minimum absolute atomic E-state index is 0.206. The van der Waals surface area contributed by atoms with Crippen LogP contribution < -0.4 is 9.46 Å². The largest absolute Gasteiger partial charge is 0.487 e. The molecule has 5 aromatic rings. The van der Waals surface area contributed by atoms with Gasteiger partial charge in [0, 0.05) is 20.7 Å². The molecule has 5 rings (SSSR count). The van der Waals surface area contributed by atoms with E-state index in [2.05, 4.69) is 33.2 Å². The van der Waals surface area contributed by atoms with Crippen molar-refractivity contribution in [3.63, 3.8) is 0 Å². The van der Waals surface area contributed by atoms with Gasteiger partial charge in [-0.25, -0.2) is 13.1 Å². The molecule has 2 aromatic heterocycles. The summed E-state index contributed by atoms with van der Waals surface area (Å²) in [5.41, 5.74) is 1.74. The molecule has 0 atom stereocenters. The quantitative estimate of drug-likeness (QED) is 0.243. The lowest BCUT2D eigenvalue weighted by molar-refractivity contribution is 0.301. The van der Waals surface area contributed by atoms with Crippen LogP contribution in [0.4, 0.5) is 5.69 Å². The lowest BCUT2D eigenvalue weighted by Crippen LogP contribution is -2.09. The van der Waals surface area contributed by atoms with Crippen molar-refractivity contribution >= 4 is 54.8 Å². The average Bonchev–Trinajstić information content (AvgIpc) is 3.48. The van der Waals surface area contributed by atoms with E-state index in [1.807, 2.05) is 18.3 Å². The first-order valence-corrected chi connectivity index (χ1v) is 13.7. The number of fused-ring (bicyclic) bond motifs is 1. The number of nitrogens with zero attached hydrogens (tertiary/aromatic N) is 3. The van der Waals surface area contributed by atoms with Crippen LogP contribution >= 0.6 is 22.9 Å². The van der Waals surface area contributed by atoms with Crippen LogP contribution in [-0.4, -0.2) is 23.4 Å². The van der Waals surface area contributed by atoms with Crippen molar-refractivity contribution in [3.05, 3.63) is 112 Å². The maximum atomic E-state index is 12.5. The van der Waals surface area contributed by atoms with E-state index in [0.717, 1.165) is 5.41 Å². The summed E-state index contributed by atoms with van der Waals surface area (Å²) in [6, 6.07) is 24.1. The summed E-state index contributed by atoms with van der Waals surface area (Å²) in [7, 11) is -3.72. The first kappa shape index (κ1) is 24.1. The maximum absolute atomic E-state index is 12.5. The average molecular weight is 537 g/mol. The van der Waals surface area contributed by atoms with Crippen molar-refractivity contribution in [1.82, 2.24) is 15.0 Å². The summed E-state index contributed by atoms with van der Waals surface area (Å²) in [5, 5.41) is 11.2. The Bertz CT molecular complexity index is 1610. The minimum Gasteiger partial charge on any atom is -0.487 e. The van der Waals surface area contributed by atoms with Gasteiger partial charge in [0.05, 0.1) is 23.8 Å². The van der Waals surface area contributed by atoms with Gasteiger partial charge in [-0.05, 0) is 53.4 Å². The molecule has 0 saturated heterocycles. The highest BCUT2D eigenvalue weighted by atomic mass is 35.5. The SMILES string of the molecule is O=S(=O)(/C=C/c1cccc(Cl)c1)Nc1cccc(OCc2cn(Cc3cc4ccccc4s3)nn2)c1. The number of sulfonamides is 1. The molecule has 36 heavy (non-hydrogen) atoms. The van der Waals surface area contributed by atoms with Crippen LogP contribution in [0, 0.1) is 0 Å². The van der Waals surface area contributed by atoms with Gasteiger partial charge >= 0.3 is 0 Å². The Kier molecular flexibility index (Phi) is 7.04. The Morgan fingerprint density at radius 2 is 1.89 bits per heavy atom. The Balaban J connectivity index is 1.18. The Hall–Kier alpha value is -3.66. The number of anilines is 1. The van der Waals surface area contributed by atoms with E-state index >= 15 is 0 Å². The molecule has 0 fully saturated rings. The standard InChI is InChI=1S/C26H21ClN4O3S2/c27-21-7-3-5-19(13-21)11-12-36(32,33)29-22-8-4-9-24(15-22)34-18-23-16-31(30-28-23)17-25-14-20-6-1-2-10-26(20)35-25/h1-16,29H,17-18H2/b12-11+. The van der Waals surface area contributed by atoms with E-state index in [9.17, 15) is 8.42 Å². The number of benzene rings is 3. The molecule has 0 bridgehead atoms. The second-order valence-electron chi connectivity index (χ2n) is 7.98. The molecule has 0 saturated carbocycles. The zero-order valence-electron chi connectivity index (χ0n) is 18.9. The van der Waals surface area contributed by atoms with Gasteiger partial charge in [0.25, 0.3) is 10.0 Å². The van der Waals surface area contributed by atoms with E-state index in [1.165, 1.54) is 21.0 Å². The summed E-state index contributed by atoms with van der Waals surface area (Å²) in [5.74, 6) is 0.507. The summed E-state index contributed by atoms with van der Waals surface area (Å²) in [6.45, 7) is 0.837. The first-order valence-electron chi connectivity index (χ1n) is 11.0. The summed E-state index contributed by atoms with van der Waals surface area (Å²) < 4.78 is 36.3. The molecule has 0 spiro atoms. The number of thiophene rings is 1. The van der Waals surface area contributed by atoms with Crippen LogP contribution in [0.3, 0.4) is 0 Å². The molecule has 0 amide bonds. The van der Waals surface area contributed by atoms with E-state index in [4.69, 9.17) is 16.3 Å². The summed E-state index contributed by atoms with van der Waals surface area (Å²) in [4.78, 5) is 1.19. The van der Waals surface area contributed by atoms with Crippen LogP contribution in [0.15, 0.2) is 90.5 Å². The highest BCUT2D eigenvalue weighted by molar-refractivity contribution is 7.95. The molecule has 10 heteroatoms. The normalized spacial score (nSPS) is 11.8. The van der Waals surface area contributed by atoms with Crippen LogP contribution in [0.5, 0.6) is 5.75 Å². The van der Waals surface area contributed by atoms with Crippen molar-refractivity contribution in [2.24, 2.45) is 0 Å². The summed E-state index contributed by atoms with van der Waals surface area (Å²) in [6.07, 6.45) is 3.33. The third-order valence-electron chi connectivity index (χ3n) is 5.15. The zero-order chi connectivity index (χ0) is 25.0. The number of rotatable bonds is 9. The molecule has 0 aliphatic carbocycles. The molecule has 7 nitrogen and oxygen atoms in total. The van der Waals surface area contributed by atoms with E-state index in [-0.39, 0.29) is 6.61 Å². The zero-order valence-corrected chi connectivity index (χ0v) is 21.3. The highest BCUT2D eigenvalue weighted by Crippen LogP contribution is 2.26. The second-order valence-corrected chi connectivity index (χ2v) is 11.2. The maximum Gasteiger partial charge on any atom is 0.255 e. The Morgan fingerprint density at radius 3 is 2.75 bits per heavy atom. The topological polar surface area (TPSA) is 86.1 Å². The highest BCUT2D eigenvalue weighted by Gasteiger charge is 2.09. The number of hydrogen-bond donors (Lipinski definition) is 1. The van der Waals surface area contributed by atoms with Crippen LogP contribution in [0.2, 0.25) is 5.02 Å². The predicted molar refractivity (Wildman–Crippen MR) is 145 cm³/mol. The smallest absolute Gasteiger partial charge is 0.255 e. The number of nitrogens with one attached hydrogen (secondary N) is 1. The molecule has 0 aliphatic rings. The van der Waals surface area contributed by atoms with Crippen molar-refractivity contribution in [2.75, 3.05) is 4.72 Å². The Morgan fingerprint density at radius 1 is 1.03 bits per heavy atom.